The van der Waals surface area contributed by atoms with E-state index in [1.54, 1.807) is 25.4 Å². The van der Waals surface area contributed by atoms with E-state index < -0.39 is 0 Å². The fourth-order valence-corrected chi connectivity index (χ4v) is 3.82. The van der Waals surface area contributed by atoms with E-state index >= 15 is 0 Å². The molecule has 0 spiro atoms. The van der Waals surface area contributed by atoms with Crippen LogP contribution in [0.15, 0.2) is 53.2 Å². The zero-order valence-corrected chi connectivity index (χ0v) is 19.8. The monoisotopic (exact) mass is 462 g/mol. The number of carbonyl (C=O) groups excluding carboxylic acids is 1. The molecule has 1 aliphatic rings. The Morgan fingerprint density at radius 1 is 1.24 bits per heavy atom. The maximum Gasteiger partial charge on any atom is 0.276 e. The van der Waals surface area contributed by atoms with Crippen LogP contribution in [0.2, 0.25) is 0 Å². The lowest BCUT2D eigenvalue weighted by Gasteiger charge is -2.31. The molecule has 0 N–H and O–H groups in total. The van der Waals surface area contributed by atoms with Gasteiger partial charge in [0.1, 0.15) is 11.5 Å². The molecule has 0 atom stereocenters. The van der Waals surface area contributed by atoms with Crippen LogP contribution < -0.4 is 4.74 Å². The molecule has 1 fully saturated rings. The molecule has 0 radical (unpaired) electrons. The number of aromatic nitrogens is 2. The van der Waals surface area contributed by atoms with Crippen molar-refractivity contribution in [3.05, 3.63) is 70.9 Å². The van der Waals surface area contributed by atoms with E-state index in [1.807, 2.05) is 55.1 Å². The number of aryl methyl sites for hydroxylation is 1. The van der Waals surface area contributed by atoms with Crippen LogP contribution in [0.4, 0.5) is 0 Å². The lowest BCUT2D eigenvalue weighted by Crippen LogP contribution is -2.39. The van der Waals surface area contributed by atoms with Crippen molar-refractivity contribution in [2.75, 3.05) is 19.7 Å². The first kappa shape index (κ1) is 23.5. The number of amides is 1. The summed E-state index contributed by atoms with van der Waals surface area (Å²) in [6.45, 7) is 7.46. The van der Waals surface area contributed by atoms with Crippen LogP contribution in [0.1, 0.15) is 48.5 Å². The number of hydrogen-bond donors (Lipinski definition) is 0. The summed E-state index contributed by atoms with van der Waals surface area (Å²) >= 11 is 0. The van der Waals surface area contributed by atoms with Crippen LogP contribution in [-0.2, 0) is 0 Å². The Morgan fingerprint density at radius 3 is 2.56 bits per heavy atom. The van der Waals surface area contributed by atoms with Crippen molar-refractivity contribution >= 4 is 12.1 Å². The summed E-state index contributed by atoms with van der Waals surface area (Å²) in [4.78, 5) is 18.8. The van der Waals surface area contributed by atoms with Crippen LogP contribution >= 0.6 is 0 Å². The molecule has 2 aromatic heterocycles. The molecule has 34 heavy (non-hydrogen) atoms. The van der Waals surface area contributed by atoms with Crippen LogP contribution in [0.3, 0.4) is 0 Å². The molecule has 1 saturated heterocycles. The van der Waals surface area contributed by atoms with Crippen LogP contribution in [0, 0.1) is 18.0 Å². The van der Waals surface area contributed by atoms with E-state index in [0.29, 0.717) is 37.1 Å². The Labute approximate surface area is 199 Å². The van der Waals surface area contributed by atoms with Crippen molar-refractivity contribution in [3.8, 4) is 17.0 Å². The second-order valence-electron chi connectivity index (χ2n) is 8.95. The predicted molar refractivity (Wildman–Crippen MR) is 129 cm³/mol. The summed E-state index contributed by atoms with van der Waals surface area (Å²) in [5.74, 6) is 1.67. The number of nitrogens with zero attached hydrogens (tertiary/aromatic N) is 4. The first-order valence-corrected chi connectivity index (χ1v) is 11.6. The minimum Gasteiger partial charge on any atom is -0.624 e. The van der Waals surface area contributed by atoms with Crippen LogP contribution in [0.25, 0.3) is 11.3 Å². The van der Waals surface area contributed by atoms with E-state index in [4.69, 9.17) is 9.26 Å². The smallest absolute Gasteiger partial charge is 0.276 e. The molecule has 8 nitrogen and oxygen atoms in total. The maximum atomic E-state index is 12.5. The fourth-order valence-electron chi connectivity index (χ4n) is 3.82. The minimum atomic E-state index is -0.0901. The standard InChI is InChI=1S/C26H30N4O4/c1-18(2)30(32)16-20-4-6-22(7-5-20)24-9-8-23(15-27-24)33-17-21-10-12-29(13-11-21)26(31)25-14-19(3)34-28-25/h4-9,14-16,18,21H,10-13,17H2,1-3H3/b30-16-. The SMILES string of the molecule is Cc1cc(C(=O)N2CCC(COc3ccc(-c4ccc(/C=[N+](\[O-])C(C)C)cc4)nc3)CC2)no1. The van der Waals surface area contributed by atoms with Crippen molar-refractivity contribution in [1.29, 1.82) is 0 Å². The Balaban J connectivity index is 1.26. The van der Waals surface area contributed by atoms with Gasteiger partial charge in [-0.25, -0.2) is 4.74 Å². The van der Waals surface area contributed by atoms with Gasteiger partial charge in [0.2, 0.25) is 0 Å². The lowest BCUT2D eigenvalue weighted by atomic mass is 9.97. The Kier molecular flexibility index (Phi) is 7.25. The normalized spacial score (nSPS) is 15.1. The highest BCUT2D eigenvalue weighted by molar-refractivity contribution is 5.92. The number of hydroxylamine groups is 1. The van der Waals surface area contributed by atoms with E-state index in [2.05, 4.69) is 10.1 Å². The van der Waals surface area contributed by atoms with Crippen molar-refractivity contribution < 1.29 is 18.8 Å². The highest BCUT2D eigenvalue weighted by Gasteiger charge is 2.25. The summed E-state index contributed by atoms with van der Waals surface area (Å²) in [6.07, 6.45) is 5.09. The van der Waals surface area contributed by atoms with Gasteiger partial charge in [0, 0.05) is 30.3 Å². The molecule has 3 heterocycles. The summed E-state index contributed by atoms with van der Waals surface area (Å²) in [5.41, 5.74) is 3.05. The first-order valence-electron chi connectivity index (χ1n) is 11.6. The molecule has 1 aromatic carbocycles. The van der Waals surface area contributed by atoms with Gasteiger partial charge in [0.05, 0.1) is 18.5 Å². The molecule has 178 valence electrons. The summed E-state index contributed by atoms with van der Waals surface area (Å²) in [6, 6.07) is 13.2. The molecule has 0 saturated carbocycles. The van der Waals surface area contributed by atoms with Crippen molar-refractivity contribution in [3.63, 3.8) is 0 Å². The van der Waals surface area contributed by atoms with Gasteiger partial charge in [-0.15, -0.1) is 0 Å². The number of ether oxygens (including phenoxy) is 1. The van der Waals surface area contributed by atoms with E-state index in [0.717, 1.165) is 40.2 Å². The average Bonchev–Trinajstić information content (AvgIpc) is 3.29. The van der Waals surface area contributed by atoms with Gasteiger partial charge in [-0.1, -0.05) is 17.3 Å². The molecule has 8 heteroatoms. The second-order valence-corrected chi connectivity index (χ2v) is 8.95. The van der Waals surface area contributed by atoms with Gasteiger partial charge in [0.15, 0.2) is 18.0 Å². The predicted octanol–water partition coefficient (Wildman–Crippen LogP) is 4.31. The van der Waals surface area contributed by atoms with Gasteiger partial charge in [0.25, 0.3) is 5.91 Å². The lowest BCUT2D eigenvalue weighted by molar-refractivity contribution is -0.487. The number of hydrogen-bond acceptors (Lipinski definition) is 6. The Hall–Kier alpha value is -3.68. The third kappa shape index (κ3) is 5.81. The number of rotatable bonds is 7. The van der Waals surface area contributed by atoms with E-state index in [-0.39, 0.29) is 11.9 Å². The topological polar surface area (TPSA) is 94.5 Å². The summed E-state index contributed by atoms with van der Waals surface area (Å²) < 4.78 is 11.9. The molecule has 0 bridgehead atoms. The number of piperidine rings is 1. The third-order valence-corrected chi connectivity index (χ3v) is 5.96. The third-order valence-electron chi connectivity index (χ3n) is 5.96. The van der Waals surface area contributed by atoms with Crippen LogP contribution in [-0.4, -0.2) is 57.6 Å². The highest BCUT2D eigenvalue weighted by Crippen LogP contribution is 2.23. The first-order chi connectivity index (χ1) is 16.4. The van der Waals surface area contributed by atoms with Crippen molar-refractivity contribution in [2.24, 2.45) is 5.92 Å². The molecule has 4 rings (SSSR count). The molecule has 0 unspecified atom stereocenters. The second kappa shape index (κ2) is 10.5. The molecule has 3 aromatic rings. The number of carbonyl (C=O) groups is 1. The minimum absolute atomic E-state index is 0.0767. The molecule has 1 aliphatic heterocycles. The van der Waals surface area contributed by atoms with Gasteiger partial charge in [-0.05, 0) is 63.8 Å². The zero-order valence-electron chi connectivity index (χ0n) is 19.8. The Bertz CT molecular complexity index is 1130. The number of likely N-dealkylation sites (tertiary alicyclic amines) is 1. The molecule has 1 amide bonds. The number of pyridine rings is 1. The van der Waals surface area contributed by atoms with Crippen LogP contribution in [0.5, 0.6) is 5.75 Å². The quantitative estimate of drug-likeness (QED) is 0.225. The maximum absolute atomic E-state index is 12.5. The zero-order chi connectivity index (χ0) is 24.1. The summed E-state index contributed by atoms with van der Waals surface area (Å²) in [5, 5.41) is 15.6. The molecular weight excluding hydrogens is 432 g/mol. The molecular formula is C26H30N4O4. The fraction of sp³-hybridized carbons (Fsp3) is 0.385. The van der Waals surface area contributed by atoms with Gasteiger partial charge < -0.3 is 19.4 Å². The average molecular weight is 463 g/mol. The number of benzene rings is 1. The van der Waals surface area contributed by atoms with Gasteiger partial charge in [-0.3, -0.25) is 9.78 Å². The van der Waals surface area contributed by atoms with E-state index in [9.17, 15) is 10.0 Å². The summed E-state index contributed by atoms with van der Waals surface area (Å²) in [7, 11) is 0. The van der Waals surface area contributed by atoms with Crippen molar-refractivity contribution in [1.82, 2.24) is 15.0 Å². The highest BCUT2D eigenvalue weighted by atomic mass is 16.5. The molecule has 0 aliphatic carbocycles. The van der Waals surface area contributed by atoms with Gasteiger partial charge in [-0.2, -0.15) is 0 Å². The van der Waals surface area contributed by atoms with Crippen molar-refractivity contribution in [2.45, 2.75) is 39.7 Å². The largest absolute Gasteiger partial charge is 0.624 e. The van der Waals surface area contributed by atoms with Gasteiger partial charge >= 0.3 is 0 Å². The van der Waals surface area contributed by atoms with E-state index in [1.165, 1.54) is 0 Å². The Morgan fingerprint density at radius 2 is 1.97 bits per heavy atom.